The minimum atomic E-state index is -0.228. The van der Waals surface area contributed by atoms with E-state index in [1.165, 1.54) is 0 Å². The predicted molar refractivity (Wildman–Crippen MR) is 89.3 cm³/mol. The van der Waals surface area contributed by atoms with Gasteiger partial charge < -0.3 is 10.2 Å². The molecule has 0 aliphatic rings. The summed E-state index contributed by atoms with van der Waals surface area (Å²) in [5, 5.41) is 16.3. The van der Waals surface area contributed by atoms with Gasteiger partial charge in [-0.25, -0.2) is 4.79 Å². The fourth-order valence-electron chi connectivity index (χ4n) is 2.08. The van der Waals surface area contributed by atoms with Crippen LogP contribution in [-0.2, 0) is 6.54 Å². The molecule has 2 amide bonds. The number of hydrogen-bond acceptors (Lipinski definition) is 3. The highest BCUT2D eigenvalue weighted by Crippen LogP contribution is 2.12. The molecule has 0 radical (unpaired) electrons. The van der Waals surface area contributed by atoms with Crippen LogP contribution < -0.4 is 5.32 Å². The third-order valence-electron chi connectivity index (χ3n) is 3.30. The summed E-state index contributed by atoms with van der Waals surface area (Å²) in [6.07, 6.45) is 3.69. The first kappa shape index (κ1) is 16.8. The number of rotatable bonds is 6. The molecule has 0 bridgehead atoms. The Morgan fingerprint density at radius 3 is 2.83 bits per heavy atom. The van der Waals surface area contributed by atoms with Gasteiger partial charge in [0.15, 0.2) is 0 Å². The predicted octanol–water partition coefficient (Wildman–Crippen LogP) is 3.35. The second-order valence-electron chi connectivity index (χ2n) is 4.97. The van der Waals surface area contributed by atoms with Crippen molar-refractivity contribution in [3.05, 3.63) is 47.2 Å². The number of halogens is 1. The number of carbonyl (C=O) groups is 1. The molecule has 0 aliphatic carbocycles. The zero-order chi connectivity index (χ0) is 16.7. The average molecular weight is 332 g/mol. The summed E-state index contributed by atoms with van der Waals surface area (Å²) in [6, 6.07) is 9.34. The molecule has 0 fully saturated rings. The molecule has 0 saturated heterocycles. The zero-order valence-corrected chi connectivity index (χ0v) is 13.6. The molecule has 0 unspecified atom stereocenters. The molecule has 0 aliphatic heterocycles. The van der Waals surface area contributed by atoms with Crippen LogP contribution >= 0.6 is 11.6 Å². The third-order valence-corrected chi connectivity index (χ3v) is 3.56. The highest BCUT2D eigenvalue weighted by atomic mass is 35.5. The lowest BCUT2D eigenvalue weighted by molar-refractivity contribution is 0.215. The van der Waals surface area contributed by atoms with Gasteiger partial charge >= 0.3 is 6.03 Å². The third kappa shape index (κ3) is 5.01. The smallest absolute Gasteiger partial charge is 0.321 e. The maximum Gasteiger partial charge on any atom is 0.321 e. The Morgan fingerprint density at radius 1 is 1.43 bits per heavy atom. The molecule has 2 aromatic rings. The minimum absolute atomic E-state index is 0.228. The molecular weight excluding hydrogens is 314 g/mol. The number of aromatic nitrogens is 2. The summed E-state index contributed by atoms with van der Waals surface area (Å²) >= 11 is 5.86. The number of amides is 2. The van der Waals surface area contributed by atoms with E-state index < -0.39 is 0 Å². The maximum absolute atomic E-state index is 12.1. The molecule has 120 valence electrons. The molecule has 0 atom stereocenters. The van der Waals surface area contributed by atoms with Gasteiger partial charge in [0, 0.05) is 24.3 Å². The largest absolute Gasteiger partial charge is 0.324 e. The number of urea groups is 1. The summed E-state index contributed by atoms with van der Waals surface area (Å²) in [5.41, 5.74) is 1.69. The summed E-state index contributed by atoms with van der Waals surface area (Å²) in [5.74, 6) is 0. The second kappa shape index (κ2) is 8.20. The van der Waals surface area contributed by atoms with Crippen LogP contribution in [0.15, 0.2) is 36.7 Å². The number of nitrogens with one attached hydrogen (secondary N) is 1. The van der Waals surface area contributed by atoms with E-state index in [0.717, 1.165) is 5.56 Å². The first-order valence-corrected chi connectivity index (χ1v) is 7.70. The first-order valence-electron chi connectivity index (χ1n) is 7.32. The van der Waals surface area contributed by atoms with E-state index in [9.17, 15) is 4.79 Å². The molecule has 1 aromatic carbocycles. The normalized spacial score (nSPS) is 10.1. The highest BCUT2D eigenvalue weighted by Gasteiger charge is 2.12. The summed E-state index contributed by atoms with van der Waals surface area (Å²) < 4.78 is 1.74. The monoisotopic (exact) mass is 331 g/mol. The van der Waals surface area contributed by atoms with Crippen molar-refractivity contribution < 1.29 is 4.79 Å². The van der Waals surface area contributed by atoms with Crippen molar-refractivity contribution in [2.75, 3.05) is 18.4 Å². The van der Waals surface area contributed by atoms with Crippen molar-refractivity contribution in [1.82, 2.24) is 14.7 Å². The van der Waals surface area contributed by atoms with Gasteiger partial charge in [-0.1, -0.05) is 23.7 Å². The van der Waals surface area contributed by atoms with E-state index in [1.807, 2.05) is 37.3 Å². The lowest BCUT2D eigenvalue weighted by Gasteiger charge is -2.19. The molecule has 1 aromatic heterocycles. The number of carbonyl (C=O) groups excluding carboxylic acids is 1. The fraction of sp³-hybridized carbons (Fsp3) is 0.312. The van der Waals surface area contributed by atoms with Crippen LogP contribution in [0.25, 0.3) is 0 Å². The Hall–Kier alpha value is -2.52. The quantitative estimate of drug-likeness (QED) is 0.882. The van der Waals surface area contributed by atoms with Crippen LogP contribution in [0, 0.1) is 11.3 Å². The lowest BCUT2D eigenvalue weighted by atomic mass is 10.2. The van der Waals surface area contributed by atoms with Gasteiger partial charge in [-0.3, -0.25) is 4.68 Å². The van der Waals surface area contributed by atoms with Crippen molar-refractivity contribution in [1.29, 1.82) is 5.26 Å². The van der Waals surface area contributed by atoms with Crippen molar-refractivity contribution >= 4 is 23.3 Å². The van der Waals surface area contributed by atoms with E-state index in [0.29, 0.717) is 36.8 Å². The topological polar surface area (TPSA) is 74.0 Å². The molecule has 6 nitrogen and oxygen atoms in total. The van der Waals surface area contributed by atoms with Crippen molar-refractivity contribution in [2.45, 2.75) is 19.9 Å². The van der Waals surface area contributed by atoms with Crippen LogP contribution in [0.4, 0.5) is 10.5 Å². The summed E-state index contributed by atoms with van der Waals surface area (Å²) in [4.78, 5) is 13.7. The first-order chi connectivity index (χ1) is 11.1. The number of hydrogen-bond donors (Lipinski definition) is 1. The Balaban J connectivity index is 1.95. The molecule has 1 N–H and O–H groups in total. The fourth-order valence-corrected chi connectivity index (χ4v) is 2.21. The van der Waals surface area contributed by atoms with Crippen LogP contribution in [0.1, 0.15) is 18.9 Å². The molecule has 0 spiro atoms. The van der Waals surface area contributed by atoms with Gasteiger partial charge in [0.25, 0.3) is 0 Å². The summed E-state index contributed by atoms with van der Waals surface area (Å²) in [7, 11) is 0. The highest BCUT2D eigenvalue weighted by molar-refractivity contribution is 6.30. The van der Waals surface area contributed by atoms with E-state index >= 15 is 0 Å². The summed E-state index contributed by atoms with van der Waals surface area (Å²) in [6.45, 7) is 3.43. The number of anilines is 1. The van der Waals surface area contributed by atoms with Gasteiger partial charge in [0.1, 0.15) is 0 Å². The second-order valence-corrected chi connectivity index (χ2v) is 5.41. The number of nitriles is 1. The van der Waals surface area contributed by atoms with E-state index in [4.69, 9.17) is 16.9 Å². The SMILES string of the molecule is CCN(CCC#N)C(=O)Nc1cnn(Cc2ccc(Cl)cc2)c1. The standard InChI is InChI=1S/C16H18ClN5O/c1-2-21(9-3-8-18)16(23)20-15-10-19-22(12-15)11-13-4-6-14(17)7-5-13/h4-7,10,12H,2-3,9,11H2,1H3,(H,20,23). The lowest BCUT2D eigenvalue weighted by Crippen LogP contribution is -2.35. The number of benzene rings is 1. The van der Waals surface area contributed by atoms with Crippen LogP contribution in [0.2, 0.25) is 5.02 Å². The Bertz CT molecular complexity index is 689. The van der Waals surface area contributed by atoms with E-state index in [1.54, 1.807) is 22.0 Å². The van der Waals surface area contributed by atoms with Gasteiger partial charge in [0.05, 0.1) is 30.9 Å². The van der Waals surface area contributed by atoms with Crippen molar-refractivity contribution in [3.63, 3.8) is 0 Å². The van der Waals surface area contributed by atoms with E-state index in [2.05, 4.69) is 10.4 Å². The van der Waals surface area contributed by atoms with Crippen molar-refractivity contribution in [2.24, 2.45) is 0 Å². The molecule has 2 rings (SSSR count). The molecule has 23 heavy (non-hydrogen) atoms. The van der Waals surface area contributed by atoms with Crippen LogP contribution in [0.3, 0.4) is 0 Å². The molecule has 0 saturated carbocycles. The minimum Gasteiger partial charge on any atom is -0.324 e. The van der Waals surface area contributed by atoms with Gasteiger partial charge in [-0.2, -0.15) is 10.4 Å². The molecule has 7 heteroatoms. The van der Waals surface area contributed by atoms with Gasteiger partial charge in [0.2, 0.25) is 0 Å². The van der Waals surface area contributed by atoms with Crippen LogP contribution in [0.5, 0.6) is 0 Å². The Labute approximate surface area is 140 Å². The molecular formula is C16H18ClN5O. The van der Waals surface area contributed by atoms with Gasteiger partial charge in [-0.15, -0.1) is 0 Å². The van der Waals surface area contributed by atoms with Crippen molar-refractivity contribution in [3.8, 4) is 6.07 Å². The average Bonchev–Trinajstić information content (AvgIpc) is 2.97. The molecule has 1 heterocycles. The number of nitrogens with zero attached hydrogens (tertiary/aromatic N) is 4. The maximum atomic E-state index is 12.1. The Kier molecular flexibility index (Phi) is 6.01. The van der Waals surface area contributed by atoms with E-state index in [-0.39, 0.29) is 6.03 Å². The van der Waals surface area contributed by atoms with Gasteiger partial charge in [-0.05, 0) is 24.6 Å². The Morgan fingerprint density at radius 2 is 2.17 bits per heavy atom. The van der Waals surface area contributed by atoms with Crippen LogP contribution in [-0.4, -0.2) is 33.8 Å². The zero-order valence-electron chi connectivity index (χ0n) is 12.9.